The van der Waals surface area contributed by atoms with Gasteiger partial charge in [-0.2, -0.15) is 10.2 Å². The Kier molecular flexibility index (Phi) is 3.80. The molecule has 7 heteroatoms. The average Bonchev–Trinajstić information content (AvgIpc) is 2.12. The van der Waals surface area contributed by atoms with E-state index in [1.54, 1.807) is 0 Å². The molecule has 0 aliphatic carbocycles. The van der Waals surface area contributed by atoms with Gasteiger partial charge in [0.15, 0.2) is 0 Å². The van der Waals surface area contributed by atoms with Crippen molar-refractivity contribution < 1.29 is 9.59 Å². The van der Waals surface area contributed by atoms with E-state index in [0.29, 0.717) is 0 Å². The lowest BCUT2D eigenvalue weighted by Crippen LogP contribution is -2.12. The van der Waals surface area contributed by atoms with Crippen LogP contribution in [0.25, 0.3) is 0 Å². The molecule has 0 aliphatic heterocycles. The Morgan fingerprint density at radius 1 is 1.36 bits per heavy atom. The Hall–Kier alpha value is -0.710. The molecule has 4 nitrogen and oxygen atoms in total. The molecule has 0 radical (unpaired) electrons. The van der Waals surface area contributed by atoms with E-state index in [4.69, 9.17) is 34.8 Å². The number of carbonyl (C=O) groups is 2. The first kappa shape index (κ1) is 11.4. The minimum atomic E-state index is -1.07. The Morgan fingerprint density at radius 3 is 2.57 bits per heavy atom. The highest BCUT2D eigenvalue weighted by molar-refractivity contribution is 6.81. The van der Waals surface area contributed by atoms with Gasteiger partial charge in [-0.1, -0.05) is 23.2 Å². The molecule has 1 rings (SSSR count). The summed E-state index contributed by atoms with van der Waals surface area (Å²) in [6.07, 6.45) is 0.940. The summed E-state index contributed by atoms with van der Waals surface area (Å²) < 4.78 is 0. The Bertz CT molecular complexity index is 395. The number of hydrogen-bond acceptors (Lipinski definition) is 4. The molecular weight excluding hydrogens is 250 g/mol. The summed E-state index contributed by atoms with van der Waals surface area (Å²) in [7, 11) is 0. The second-order valence-corrected chi connectivity index (χ2v) is 3.46. The summed E-state index contributed by atoms with van der Waals surface area (Å²) in [6, 6.07) is 0. The monoisotopic (exact) mass is 252 g/mol. The van der Waals surface area contributed by atoms with Crippen molar-refractivity contribution in [3.05, 3.63) is 21.9 Å². The largest absolute Gasteiger partial charge is 0.289 e. The van der Waals surface area contributed by atoms with Gasteiger partial charge < -0.3 is 0 Å². The summed E-state index contributed by atoms with van der Waals surface area (Å²) in [5.74, 6) is -0.801. The van der Waals surface area contributed by atoms with Crippen molar-refractivity contribution in [2.45, 2.75) is 6.42 Å². The molecule has 14 heavy (non-hydrogen) atoms. The SMILES string of the molecule is O=C(Cl)C(=O)Cc1nncc(Cl)c1Cl. The van der Waals surface area contributed by atoms with Crippen LogP contribution in [-0.4, -0.2) is 21.2 Å². The van der Waals surface area contributed by atoms with Crippen LogP contribution in [0.2, 0.25) is 10.0 Å². The van der Waals surface area contributed by atoms with E-state index < -0.39 is 11.0 Å². The highest BCUT2D eigenvalue weighted by atomic mass is 35.5. The third-order valence-corrected chi connectivity index (χ3v) is 2.38. The molecule has 0 fully saturated rings. The van der Waals surface area contributed by atoms with Crippen LogP contribution in [0.3, 0.4) is 0 Å². The van der Waals surface area contributed by atoms with E-state index in [1.807, 2.05) is 0 Å². The summed E-state index contributed by atoms with van der Waals surface area (Å²) in [6.45, 7) is 0. The normalized spacial score (nSPS) is 9.93. The fourth-order valence-electron chi connectivity index (χ4n) is 0.722. The summed E-state index contributed by atoms with van der Waals surface area (Å²) in [4.78, 5) is 21.4. The number of hydrogen-bond donors (Lipinski definition) is 0. The Balaban J connectivity index is 2.93. The van der Waals surface area contributed by atoms with Crippen LogP contribution in [0, 0.1) is 0 Å². The Labute approximate surface area is 94.2 Å². The van der Waals surface area contributed by atoms with Gasteiger partial charge in [-0.05, 0) is 11.6 Å². The van der Waals surface area contributed by atoms with Gasteiger partial charge in [0.05, 0.1) is 28.4 Å². The molecule has 0 atom stereocenters. The first-order chi connectivity index (χ1) is 6.52. The number of ketones is 1. The van der Waals surface area contributed by atoms with Crippen LogP contribution < -0.4 is 0 Å². The standard InChI is InChI=1S/C7H3Cl3N2O2/c8-3-2-11-12-4(6(3)9)1-5(13)7(10)14/h2H,1H2. The Morgan fingerprint density at radius 2 is 2.00 bits per heavy atom. The molecule has 1 aromatic heterocycles. The van der Waals surface area contributed by atoms with Crippen molar-refractivity contribution in [3.63, 3.8) is 0 Å². The van der Waals surface area contributed by atoms with Gasteiger partial charge in [0.25, 0.3) is 5.24 Å². The number of aromatic nitrogens is 2. The maximum Gasteiger partial charge on any atom is 0.288 e. The predicted molar refractivity (Wildman–Crippen MR) is 51.6 cm³/mol. The van der Waals surface area contributed by atoms with Crippen molar-refractivity contribution in [2.75, 3.05) is 0 Å². The number of halogens is 3. The fourth-order valence-corrected chi connectivity index (χ4v) is 1.10. The average molecular weight is 253 g/mol. The maximum atomic E-state index is 10.9. The van der Waals surface area contributed by atoms with Crippen LogP contribution in [0.5, 0.6) is 0 Å². The second-order valence-electron chi connectivity index (χ2n) is 2.33. The molecule has 0 unspecified atom stereocenters. The van der Waals surface area contributed by atoms with Crippen molar-refractivity contribution in [1.82, 2.24) is 10.2 Å². The van der Waals surface area contributed by atoms with E-state index in [-0.39, 0.29) is 22.2 Å². The van der Waals surface area contributed by atoms with Gasteiger partial charge >= 0.3 is 0 Å². The first-order valence-corrected chi connectivity index (χ1v) is 4.54. The highest BCUT2D eigenvalue weighted by Crippen LogP contribution is 2.23. The molecule has 1 aromatic rings. The molecule has 0 N–H and O–H groups in total. The molecule has 0 spiro atoms. The molecule has 0 saturated carbocycles. The van der Waals surface area contributed by atoms with Crippen molar-refractivity contribution >= 4 is 45.8 Å². The molecule has 0 aliphatic rings. The molecular formula is C7H3Cl3N2O2. The minimum absolute atomic E-state index is 0.105. The van der Waals surface area contributed by atoms with Crippen LogP contribution in [0.4, 0.5) is 0 Å². The van der Waals surface area contributed by atoms with Crippen molar-refractivity contribution in [2.24, 2.45) is 0 Å². The maximum absolute atomic E-state index is 10.9. The topological polar surface area (TPSA) is 59.9 Å². The lowest BCUT2D eigenvalue weighted by atomic mass is 10.2. The highest BCUT2D eigenvalue weighted by Gasteiger charge is 2.16. The number of rotatable bonds is 3. The van der Waals surface area contributed by atoms with Crippen molar-refractivity contribution in [1.29, 1.82) is 0 Å². The number of carbonyl (C=O) groups excluding carboxylic acids is 2. The minimum Gasteiger partial charge on any atom is -0.289 e. The molecule has 0 amide bonds. The van der Waals surface area contributed by atoms with E-state index in [2.05, 4.69) is 10.2 Å². The summed E-state index contributed by atoms with van der Waals surface area (Å²) in [5.41, 5.74) is 0.137. The van der Waals surface area contributed by atoms with E-state index in [0.717, 1.165) is 0 Å². The molecule has 0 saturated heterocycles. The quantitative estimate of drug-likeness (QED) is 0.607. The third-order valence-electron chi connectivity index (χ3n) is 1.36. The van der Waals surface area contributed by atoms with Crippen molar-refractivity contribution in [3.8, 4) is 0 Å². The second kappa shape index (κ2) is 4.68. The fraction of sp³-hybridized carbons (Fsp3) is 0.143. The van der Waals surface area contributed by atoms with Crippen LogP contribution in [-0.2, 0) is 16.0 Å². The molecule has 74 valence electrons. The van der Waals surface area contributed by atoms with Gasteiger partial charge in [0, 0.05) is 0 Å². The summed E-state index contributed by atoms with van der Waals surface area (Å²) >= 11 is 16.3. The van der Waals surface area contributed by atoms with Crippen LogP contribution in [0.15, 0.2) is 6.20 Å². The van der Waals surface area contributed by atoms with Gasteiger partial charge in [-0.3, -0.25) is 9.59 Å². The van der Waals surface area contributed by atoms with Gasteiger partial charge in [-0.15, -0.1) is 0 Å². The van der Waals surface area contributed by atoms with Gasteiger partial charge in [0.1, 0.15) is 0 Å². The van der Waals surface area contributed by atoms with Gasteiger partial charge in [0.2, 0.25) is 5.78 Å². The van der Waals surface area contributed by atoms with E-state index >= 15 is 0 Å². The molecule has 0 aromatic carbocycles. The molecule has 0 bridgehead atoms. The smallest absolute Gasteiger partial charge is 0.288 e. The number of Topliss-reactive ketones (excluding diaryl/α,β-unsaturated/α-hetero) is 1. The van der Waals surface area contributed by atoms with E-state index in [9.17, 15) is 9.59 Å². The van der Waals surface area contributed by atoms with Gasteiger partial charge in [-0.25, -0.2) is 0 Å². The van der Waals surface area contributed by atoms with Crippen LogP contribution >= 0.6 is 34.8 Å². The third kappa shape index (κ3) is 2.64. The lowest BCUT2D eigenvalue weighted by Gasteiger charge is -2.00. The zero-order chi connectivity index (χ0) is 10.7. The zero-order valence-electron chi connectivity index (χ0n) is 6.63. The number of nitrogens with zero attached hydrogens (tertiary/aromatic N) is 2. The molecule has 1 heterocycles. The summed E-state index contributed by atoms with van der Waals surface area (Å²) in [5, 5.41) is 6.26. The zero-order valence-corrected chi connectivity index (χ0v) is 8.90. The first-order valence-electron chi connectivity index (χ1n) is 3.40. The lowest BCUT2D eigenvalue weighted by molar-refractivity contribution is -0.131. The predicted octanol–water partition coefficient (Wildman–Crippen LogP) is 1.66. The van der Waals surface area contributed by atoms with E-state index in [1.165, 1.54) is 6.20 Å². The van der Waals surface area contributed by atoms with Crippen LogP contribution in [0.1, 0.15) is 5.69 Å².